The molecular weight excluding hydrogens is 650 g/mol. The lowest BCUT2D eigenvalue weighted by molar-refractivity contribution is -0.150. The van der Waals surface area contributed by atoms with E-state index in [-0.39, 0.29) is 53.8 Å². The largest absolute Gasteiger partial charge is 0.386 e. The SMILES string of the molecule is CC[C@H](C)[C@H]([C@@H](CC(=O)N1CCC[C@H]1[C@H](OC)[C@@H](C)C(=O)N[C@H](C)[C@@H](O)c1ccccc1)OC)C(NC(=O)[C@@H](NC)C(C)C)(C(=O)NC)C(C)C. The van der Waals surface area contributed by atoms with E-state index < -0.39 is 47.8 Å². The molecule has 1 aromatic carbocycles. The molecule has 1 fully saturated rings. The van der Waals surface area contributed by atoms with Crippen molar-refractivity contribution >= 4 is 23.6 Å². The standard InChI is InChI=1S/C39H67N5O7/c1-13-25(6)32(39(24(4)5,38(49)41-10)43-37(48)33(40-9)23(2)3)30(50-11)22-31(45)44-21-17-20-29(44)35(51-12)26(7)36(47)42-27(8)34(46)28-18-15-14-16-19-28/h14-16,18-19,23-27,29-30,32-35,40,46H,13,17,20-22H2,1-12H3,(H,41,49)(H,42,47)(H,43,48)/t25-,26+,27+,29-,30+,32+,33-,34+,35+,39?/m0/s1. The fourth-order valence-corrected chi connectivity index (χ4v) is 8.01. The minimum Gasteiger partial charge on any atom is -0.386 e. The molecular formula is C39H67N5O7. The molecule has 51 heavy (non-hydrogen) atoms. The number of aliphatic hydroxyl groups excluding tert-OH is 1. The van der Waals surface area contributed by atoms with E-state index in [9.17, 15) is 24.3 Å². The van der Waals surface area contributed by atoms with Gasteiger partial charge in [-0.2, -0.15) is 0 Å². The molecule has 4 amide bonds. The molecule has 5 N–H and O–H groups in total. The summed E-state index contributed by atoms with van der Waals surface area (Å²) in [4.78, 5) is 57.5. The van der Waals surface area contributed by atoms with E-state index in [0.29, 0.717) is 24.9 Å². The van der Waals surface area contributed by atoms with Crippen LogP contribution < -0.4 is 21.3 Å². The number of methoxy groups -OCH3 is 2. The van der Waals surface area contributed by atoms with Crippen LogP contribution in [0.5, 0.6) is 0 Å². The van der Waals surface area contributed by atoms with Gasteiger partial charge in [0.05, 0.1) is 48.8 Å². The third-order valence-electron chi connectivity index (χ3n) is 11.1. The van der Waals surface area contributed by atoms with E-state index in [1.165, 1.54) is 0 Å². The van der Waals surface area contributed by atoms with Gasteiger partial charge in [0.2, 0.25) is 23.6 Å². The van der Waals surface area contributed by atoms with Gasteiger partial charge in [-0.05, 0) is 50.1 Å². The molecule has 12 nitrogen and oxygen atoms in total. The van der Waals surface area contributed by atoms with Crippen molar-refractivity contribution in [2.75, 3.05) is 34.9 Å². The number of benzene rings is 1. The van der Waals surface area contributed by atoms with Crippen molar-refractivity contribution in [3.63, 3.8) is 0 Å². The van der Waals surface area contributed by atoms with Crippen molar-refractivity contribution in [1.82, 2.24) is 26.2 Å². The first kappa shape index (κ1) is 44.1. The lowest BCUT2D eigenvalue weighted by atomic mass is 9.65. The Labute approximate surface area is 306 Å². The predicted octanol–water partition coefficient (Wildman–Crippen LogP) is 3.44. The second kappa shape index (κ2) is 20.3. The zero-order valence-corrected chi connectivity index (χ0v) is 33.1. The van der Waals surface area contributed by atoms with Crippen molar-refractivity contribution in [2.45, 2.75) is 123 Å². The van der Waals surface area contributed by atoms with Crippen LogP contribution in [0.4, 0.5) is 0 Å². The quantitative estimate of drug-likeness (QED) is 0.137. The van der Waals surface area contributed by atoms with Crippen LogP contribution in [0.3, 0.4) is 0 Å². The Bertz CT molecular complexity index is 1260. The number of hydrogen-bond donors (Lipinski definition) is 5. The summed E-state index contributed by atoms with van der Waals surface area (Å²) in [6, 6.07) is 7.72. The highest BCUT2D eigenvalue weighted by Crippen LogP contribution is 2.40. The third kappa shape index (κ3) is 10.3. The Morgan fingerprint density at radius 2 is 1.59 bits per heavy atom. The van der Waals surface area contributed by atoms with Crippen molar-refractivity contribution in [1.29, 1.82) is 0 Å². The molecule has 0 radical (unpaired) electrons. The number of aliphatic hydroxyl groups is 1. The summed E-state index contributed by atoms with van der Waals surface area (Å²) in [7, 11) is 6.38. The molecule has 1 heterocycles. The molecule has 290 valence electrons. The summed E-state index contributed by atoms with van der Waals surface area (Å²) in [5, 5.41) is 22.9. The molecule has 0 bridgehead atoms. The van der Waals surface area contributed by atoms with E-state index in [1.807, 2.05) is 71.9 Å². The van der Waals surface area contributed by atoms with Crippen molar-refractivity contribution < 1.29 is 33.8 Å². The molecule has 12 heteroatoms. The summed E-state index contributed by atoms with van der Waals surface area (Å²) in [5.41, 5.74) is -0.685. The van der Waals surface area contributed by atoms with Gasteiger partial charge in [0, 0.05) is 33.7 Å². The number of carbonyl (C=O) groups excluding carboxylic acids is 4. The smallest absolute Gasteiger partial charge is 0.246 e. The Kier molecular flexibility index (Phi) is 17.5. The molecule has 0 spiro atoms. The van der Waals surface area contributed by atoms with E-state index in [1.54, 1.807) is 47.1 Å². The summed E-state index contributed by atoms with van der Waals surface area (Å²) < 4.78 is 12.1. The summed E-state index contributed by atoms with van der Waals surface area (Å²) in [5.74, 6) is -2.77. The van der Waals surface area contributed by atoms with Gasteiger partial charge in [0.25, 0.3) is 0 Å². The van der Waals surface area contributed by atoms with Gasteiger partial charge < -0.3 is 40.7 Å². The van der Waals surface area contributed by atoms with Crippen LogP contribution in [-0.2, 0) is 28.7 Å². The Balaban J connectivity index is 2.41. The van der Waals surface area contributed by atoms with Crippen LogP contribution in [0.15, 0.2) is 30.3 Å². The maximum absolute atomic E-state index is 14.3. The molecule has 0 aromatic heterocycles. The number of amides is 4. The number of hydrogen-bond acceptors (Lipinski definition) is 8. The highest BCUT2D eigenvalue weighted by molar-refractivity contribution is 5.94. The lowest BCUT2D eigenvalue weighted by Gasteiger charge is -2.49. The number of nitrogens with one attached hydrogen (secondary N) is 4. The van der Waals surface area contributed by atoms with Gasteiger partial charge in [-0.25, -0.2) is 0 Å². The maximum atomic E-state index is 14.3. The van der Waals surface area contributed by atoms with E-state index >= 15 is 0 Å². The van der Waals surface area contributed by atoms with Gasteiger partial charge in [0.1, 0.15) is 5.54 Å². The first-order chi connectivity index (χ1) is 24.1. The molecule has 1 aliphatic rings. The number of rotatable bonds is 20. The average Bonchev–Trinajstić information content (AvgIpc) is 3.60. The maximum Gasteiger partial charge on any atom is 0.246 e. The van der Waals surface area contributed by atoms with E-state index in [2.05, 4.69) is 21.3 Å². The number of likely N-dealkylation sites (N-methyl/N-ethyl adjacent to an activating group) is 2. The van der Waals surface area contributed by atoms with Gasteiger partial charge in [-0.15, -0.1) is 0 Å². The minimum absolute atomic E-state index is 0.0275. The first-order valence-electron chi connectivity index (χ1n) is 18.7. The van der Waals surface area contributed by atoms with Crippen LogP contribution in [0.1, 0.15) is 92.7 Å². The molecule has 0 aliphatic carbocycles. The topological polar surface area (TPSA) is 158 Å². The van der Waals surface area contributed by atoms with Crippen LogP contribution >= 0.6 is 0 Å². The minimum atomic E-state index is -1.39. The number of likely N-dealkylation sites (tertiary alicyclic amines) is 1. The van der Waals surface area contributed by atoms with Gasteiger partial charge in [-0.1, -0.05) is 85.2 Å². The van der Waals surface area contributed by atoms with Crippen LogP contribution in [0, 0.1) is 29.6 Å². The predicted molar refractivity (Wildman–Crippen MR) is 200 cm³/mol. The number of nitrogens with zero attached hydrogens (tertiary/aromatic N) is 1. The zero-order chi connectivity index (χ0) is 38.6. The highest BCUT2D eigenvalue weighted by atomic mass is 16.5. The van der Waals surface area contributed by atoms with Crippen molar-refractivity contribution in [3.05, 3.63) is 35.9 Å². The van der Waals surface area contributed by atoms with E-state index in [4.69, 9.17) is 9.47 Å². The van der Waals surface area contributed by atoms with Crippen molar-refractivity contribution in [2.24, 2.45) is 29.6 Å². The molecule has 1 unspecified atom stereocenters. The molecule has 0 saturated carbocycles. The van der Waals surface area contributed by atoms with E-state index in [0.717, 1.165) is 6.42 Å². The second-order valence-corrected chi connectivity index (χ2v) is 14.9. The third-order valence-corrected chi connectivity index (χ3v) is 11.1. The summed E-state index contributed by atoms with van der Waals surface area (Å²) in [6.45, 7) is 15.8. The fraction of sp³-hybridized carbons (Fsp3) is 0.744. The molecule has 1 aliphatic heterocycles. The Hall–Kier alpha value is -3.06. The zero-order valence-electron chi connectivity index (χ0n) is 33.1. The van der Waals surface area contributed by atoms with Gasteiger partial charge in [0.15, 0.2) is 0 Å². The highest BCUT2D eigenvalue weighted by Gasteiger charge is 2.55. The fourth-order valence-electron chi connectivity index (χ4n) is 8.01. The summed E-state index contributed by atoms with van der Waals surface area (Å²) >= 11 is 0. The van der Waals surface area contributed by atoms with Gasteiger partial charge in [-0.3, -0.25) is 19.2 Å². The first-order valence-corrected chi connectivity index (χ1v) is 18.7. The van der Waals surface area contributed by atoms with Crippen molar-refractivity contribution in [3.8, 4) is 0 Å². The Morgan fingerprint density at radius 1 is 0.961 bits per heavy atom. The van der Waals surface area contributed by atoms with Crippen LogP contribution in [0.25, 0.3) is 0 Å². The summed E-state index contributed by atoms with van der Waals surface area (Å²) in [6.07, 6.45) is -0.153. The molecule has 10 atom stereocenters. The van der Waals surface area contributed by atoms with Crippen LogP contribution in [0.2, 0.25) is 0 Å². The number of ether oxygens (including phenoxy) is 2. The number of carbonyl (C=O) groups is 4. The normalized spacial score (nSPS) is 20.8. The average molecular weight is 718 g/mol. The second-order valence-electron chi connectivity index (χ2n) is 14.9. The molecule has 1 saturated heterocycles. The lowest BCUT2D eigenvalue weighted by Crippen LogP contribution is -2.71. The monoisotopic (exact) mass is 718 g/mol. The van der Waals surface area contributed by atoms with Crippen LogP contribution in [-0.4, -0.2) is 104 Å². The molecule has 1 aromatic rings. The Morgan fingerprint density at radius 3 is 2.08 bits per heavy atom. The van der Waals surface area contributed by atoms with Gasteiger partial charge >= 0.3 is 0 Å². The molecule has 2 rings (SSSR count).